The molecule has 0 radical (unpaired) electrons. The van der Waals surface area contributed by atoms with Gasteiger partial charge in [-0.15, -0.1) is 11.3 Å². The molecular weight excluding hydrogens is 282 g/mol. The monoisotopic (exact) mass is 287 g/mol. The molecule has 12 heavy (non-hydrogen) atoms. The average Bonchev–Trinajstić information content (AvgIpc) is 2.36. The highest BCUT2D eigenvalue weighted by molar-refractivity contribution is 9.11. The summed E-state index contributed by atoms with van der Waals surface area (Å²) in [5.74, 6) is 0. The number of sulfonamides is 1. The van der Waals surface area contributed by atoms with E-state index in [0.717, 1.165) is 15.7 Å². The van der Waals surface area contributed by atoms with Crippen molar-refractivity contribution in [3.63, 3.8) is 0 Å². The number of halogens is 1. The van der Waals surface area contributed by atoms with Crippen molar-refractivity contribution >= 4 is 49.2 Å². The summed E-state index contributed by atoms with van der Waals surface area (Å²) in [5.41, 5.74) is 0. The SMILES string of the molecule is CSNS(=O)(=O)c1ccc(Br)s1. The molecule has 7 heteroatoms. The van der Waals surface area contributed by atoms with Crippen molar-refractivity contribution in [3.05, 3.63) is 15.9 Å². The Morgan fingerprint density at radius 3 is 2.67 bits per heavy atom. The van der Waals surface area contributed by atoms with Gasteiger partial charge in [-0.2, -0.15) is 4.13 Å². The van der Waals surface area contributed by atoms with Crippen LogP contribution in [-0.4, -0.2) is 14.7 Å². The van der Waals surface area contributed by atoms with Crippen LogP contribution >= 0.6 is 39.2 Å². The van der Waals surface area contributed by atoms with Gasteiger partial charge in [0.2, 0.25) is 0 Å². The molecule has 0 bridgehead atoms. The quantitative estimate of drug-likeness (QED) is 0.866. The Bertz CT molecular complexity index is 359. The van der Waals surface area contributed by atoms with Crippen LogP contribution in [0.3, 0.4) is 0 Å². The van der Waals surface area contributed by atoms with Crippen LogP contribution < -0.4 is 4.13 Å². The van der Waals surface area contributed by atoms with Crippen LogP contribution in [0.2, 0.25) is 0 Å². The van der Waals surface area contributed by atoms with Gasteiger partial charge in [0.25, 0.3) is 10.0 Å². The van der Waals surface area contributed by atoms with Crippen molar-refractivity contribution in [2.24, 2.45) is 0 Å². The first-order valence-electron chi connectivity index (χ1n) is 2.86. The Hall–Kier alpha value is 0.440. The van der Waals surface area contributed by atoms with Gasteiger partial charge in [-0.1, -0.05) is 11.9 Å². The molecule has 0 aliphatic carbocycles. The van der Waals surface area contributed by atoms with Gasteiger partial charge in [0.1, 0.15) is 4.21 Å². The van der Waals surface area contributed by atoms with Crippen molar-refractivity contribution in [1.29, 1.82) is 0 Å². The van der Waals surface area contributed by atoms with Crippen molar-refractivity contribution in [3.8, 4) is 0 Å². The predicted octanol–water partition coefficient (Wildman–Crippen LogP) is 2.07. The topological polar surface area (TPSA) is 46.2 Å². The third kappa shape index (κ3) is 2.46. The maximum Gasteiger partial charge on any atom is 0.259 e. The molecule has 3 nitrogen and oxygen atoms in total. The van der Waals surface area contributed by atoms with E-state index in [9.17, 15) is 8.42 Å². The first-order chi connectivity index (χ1) is 5.56. The van der Waals surface area contributed by atoms with Crippen LogP contribution in [0.1, 0.15) is 0 Å². The fourth-order valence-corrected chi connectivity index (χ4v) is 4.50. The van der Waals surface area contributed by atoms with Crippen LogP contribution in [0.25, 0.3) is 0 Å². The molecule has 0 saturated heterocycles. The zero-order valence-electron chi connectivity index (χ0n) is 6.07. The second-order valence-corrected chi connectivity index (χ2v) is 7.09. The summed E-state index contributed by atoms with van der Waals surface area (Å²) < 4.78 is 26.1. The number of hydrogen-bond acceptors (Lipinski definition) is 4. The number of thiophene rings is 1. The van der Waals surface area contributed by atoms with Gasteiger partial charge in [0, 0.05) is 0 Å². The Morgan fingerprint density at radius 1 is 1.58 bits per heavy atom. The molecule has 0 spiro atoms. The van der Waals surface area contributed by atoms with Crippen LogP contribution in [-0.2, 0) is 10.0 Å². The fraction of sp³-hybridized carbons (Fsp3) is 0.200. The molecule has 0 aromatic carbocycles. The van der Waals surface area contributed by atoms with Gasteiger partial charge < -0.3 is 0 Å². The minimum atomic E-state index is -3.29. The molecule has 0 amide bonds. The summed E-state index contributed by atoms with van der Waals surface area (Å²) in [4.78, 5) is 0. The molecule has 0 saturated carbocycles. The first kappa shape index (κ1) is 10.5. The second kappa shape index (κ2) is 4.10. The normalized spacial score (nSPS) is 11.8. The molecule has 0 unspecified atom stereocenters. The zero-order valence-corrected chi connectivity index (χ0v) is 10.1. The third-order valence-electron chi connectivity index (χ3n) is 1.01. The summed E-state index contributed by atoms with van der Waals surface area (Å²) in [6.45, 7) is 0. The smallest absolute Gasteiger partial charge is 0.205 e. The van der Waals surface area contributed by atoms with Crippen LogP contribution in [0.4, 0.5) is 0 Å². The lowest BCUT2D eigenvalue weighted by atomic mass is 10.7. The van der Waals surface area contributed by atoms with Crippen molar-refractivity contribution < 1.29 is 8.42 Å². The van der Waals surface area contributed by atoms with Crippen LogP contribution in [0.15, 0.2) is 20.1 Å². The molecule has 0 aliphatic rings. The van der Waals surface area contributed by atoms with E-state index in [1.807, 2.05) is 0 Å². The van der Waals surface area contributed by atoms with Crippen LogP contribution in [0, 0.1) is 0 Å². The Morgan fingerprint density at radius 2 is 2.25 bits per heavy atom. The van der Waals surface area contributed by atoms with Gasteiger partial charge in [-0.25, -0.2) is 8.42 Å². The van der Waals surface area contributed by atoms with E-state index in [1.54, 1.807) is 18.4 Å². The van der Waals surface area contributed by atoms with Crippen LogP contribution in [0.5, 0.6) is 0 Å². The van der Waals surface area contributed by atoms with E-state index in [1.165, 1.54) is 11.3 Å². The minimum absolute atomic E-state index is 0.323. The van der Waals surface area contributed by atoms with Gasteiger partial charge in [0.15, 0.2) is 0 Å². The van der Waals surface area contributed by atoms with E-state index in [4.69, 9.17) is 0 Å². The van der Waals surface area contributed by atoms with Crippen molar-refractivity contribution in [2.45, 2.75) is 4.21 Å². The van der Waals surface area contributed by atoms with E-state index < -0.39 is 10.0 Å². The predicted molar refractivity (Wildman–Crippen MR) is 55.9 cm³/mol. The molecule has 1 N–H and O–H groups in total. The lowest BCUT2D eigenvalue weighted by Gasteiger charge is -1.98. The Balaban J connectivity index is 2.98. The summed E-state index contributed by atoms with van der Waals surface area (Å²) >= 11 is 5.45. The molecule has 1 heterocycles. The highest BCUT2D eigenvalue weighted by atomic mass is 79.9. The average molecular weight is 288 g/mol. The molecule has 68 valence electrons. The standard InChI is InChI=1S/C5H6BrNO2S3/c1-10-7-12(8,9)5-3-2-4(6)11-5/h2-3,7H,1H3. The zero-order chi connectivity index (χ0) is 9.19. The maximum absolute atomic E-state index is 11.3. The minimum Gasteiger partial charge on any atom is -0.205 e. The second-order valence-electron chi connectivity index (χ2n) is 1.85. The van der Waals surface area contributed by atoms with Gasteiger partial charge in [0.05, 0.1) is 3.79 Å². The first-order valence-corrected chi connectivity index (χ1v) is 7.18. The molecule has 0 atom stereocenters. The Kier molecular flexibility index (Phi) is 3.59. The Labute approximate surface area is 87.9 Å². The summed E-state index contributed by atoms with van der Waals surface area (Å²) in [5, 5.41) is 0. The summed E-state index contributed by atoms with van der Waals surface area (Å²) in [7, 11) is -3.29. The lowest BCUT2D eigenvalue weighted by molar-refractivity contribution is 0.596. The molecule has 0 aliphatic heterocycles. The third-order valence-corrected chi connectivity index (χ3v) is 5.54. The number of hydrogen-bond donors (Lipinski definition) is 1. The lowest BCUT2D eigenvalue weighted by Crippen LogP contribution is -2.14. The fourth-order valence-electron chi connectivity index (χ4n) is 0.593. The highest BCUT2D eigenvalue weighted by Gasteiger charge is 2.14. The number of rotatable bonds is 3. The molecule has 1 rings (SSSR count). The van der Waals surface area contributed by atoms with Gasteiger partial charge in [-0.05, 0) is 34.3 Å². The van der Waals surface area contributed by atoms with Crippen molar-refractivity contribution in [2.75, 3.05) is 6.26 Å². The largest absolute Gasteiger partial charge is 0.259 e. The van der Waals surface area contributed by atoms with E-state index in [0.29, 0.717) is 4.21 Å². The maximum atomic E-state index is 11.3. The van der Waals surface area contributed by atoms with E-state index in [-0.39, 0.29) is 0 Å². The molecule has 0 fully saturated rings. The van der Waals surface area contributed by atoms with Crippen molar-refractivity contribution in [1.82, 2.24) is 4.13 Å². The number of nitrogens with one attached hydrogen (secondary N) is 1. The van der Waals surface area contributed by atoms with Gasteiger partial charge >= 0.3 is 0 Å². The highest BCUT2D eigenvalue weighted by Crippen LogP contribution is 2.26. The molecule has 1 aromatic rings. The summed E-state index contributed by atoms with van der Waals surface area (Å²) in [6, 6.07) is 3.27. The summed E-state index contributed by atoms with van der Waals surface area (Å²) in [6.07, 6.45) is 1.67. The van der Waals surface area contributed by atoms with E-state index >= 15 is 0 Å². The molecular formula is C5H6BrNO2S3. The van der Waals surface area contributed by atoms with Gasteiger partial charge in [-0.3, -0.25) is 0 Å². The molecule has 1 aromatic heterocycles. The van der Waals surface area contributed by atoms with E-state index in [2.05, 4.69) is 20.1 Å².